The summed E-state index contributed by atoms with van der Waals surface area (Å²) < 4.78 is 38.9. The van der Waals surface area contributed by atoms with Gasteiger partial charge in [-0.1, -0.05) is 6.07 Å². The Labute approximate surface area is 88.1 Å². The molecule has 0 unspecified atom stereocenters. The highest BCUT2D eigenvalue weighted by Gasteiger charge is 2.33. The smallest absolute Gasteiger partial charge is 0.256 e. The Balaban J connectivity index is 2.41. The van der Waals surface area contributed by atoms with Gasteiger partial charge in [0.25, 0.3) is 0 Å². The number of anilines is 1. The van der Waals surface area contributed by atoms with Crippen LogP contribution in [0.1, 0.15) is 0 Å². The van der Waals surface area contributed by atoms with E-state index in [0.29, 0.717) is 18.8 Å². The van der Waals surface area contributed by atoms with Crippen molar-refractivity contribution in [2.45, 2.75) is 0 Å². The van der Waals surface area contributed by atoms with Crippen LogP contribution >= 0.6 is 0 Å². The zero-order chi connectivity index (χ0) is 11.1. The molecule has 0 amide bonds. The van der Waals surface area contributed by atoms with Crippen molar-refractivity contribution in [2.75, 3.05) is 24.4 Å². The predicted molar refractivity (Wildman–Crippen MR) is 55.3 cm³/mol. The van der Waals surface area contributed by atoms with E-state index < -0.39 is 16.0 Å². The molecule has 0 N–H and O–H groups in total. The van der Waals surface area contributed by atoms with E-state index in [1.165, 1.54) is 33.9 Å². The number of nitrogens with zero attached hydrogens (tertiary/aromatic N) is 2. The molecule has 0 bridgehead atoms. The number of halogens is 1. The van der Waals surface area contributed by atoms with E-state index in [2.05, 4.69) is 0 Å². The Bertz CT molecular complexity index is 475. The molecule has 0 aliphatic carbocycles. The first-order valence-corrected chi connectivity index (χ1v) is 5.91. The third-order valence-corrected chi connectivity index (χ3v) is 4.31. The SMILES string of the molecule is CN1CCN(c2cccc(F)c2)S1(=O)=O. The van der Waals surface area contributed by atoms with Gasteiger partial charge < -0.3 is 0 Å². The van der Waals surface area contributed by atoms with E-state index in [9.17, 15) is 12.8 Å². The normalized spacial score (nSPS) is 20.8. The molecule has 0 atom stereocenters. The molecule has 0 spiro atoms. The van der Waals surface area contributed by atoms with E-state index in [-0.39, 0.29) is 0 Å². The average molecular weight is 230 g/mol. The monoisotopic (exact) mass is 230 g/mol. The highest BCUT2D eigenvalue weighted by atomic mass is 32.2. The third kappa shape index (κ3) is 1.70. The molecule has 0 radical (unpaired) electrons. The van der Waals surface area contributed by atoms with Crippen molar-refractivity contribution in [1.29, 1.82) is 0 Å². The van der Waals surface area contributed by atoms with Gasteiger partial charge >= 0.3 is 10.2 Å². The molecule has 2 rings (SSSR count). The fourth-order valence-corrected chi connectivity index (χ4v) is 2.87. The van der Waals surface area contributed by atoms with Crippen molar-refractivity contribution in [3.05, 3.63) is 30.1 Å². The Kier molecular flexibility index (Phi) is 2.40. The minimum atomic E-state index is -3.44. The molecule has 82 valence electrons. The standard InChI is InChI=1S/C9H11FN2O2S/c1-11-5-6-12(15(11,13)14)9-4-2-3-8(10)7-9/h2-4,7H,5-6H2,1H3. The molecule has 1 fully saturated rings. The minimum Gasteiger partial charge on any atom is -0.256 e. The third-order valence-electron chi connectivity index (χ3n) is 2.39. The lowest BCUT2D eigenvalue weighted by molar-refractivity contribution is 0.511. The zero-order valence-electron chi connectivity index (χ0n) is 8.22. The van der Waals surface area contributed by atoms with Crippen LogP contribution in [0.5, 0.6) is 0 Å². The van der Waals surface area contributed by atoms with Crippen LogP contribution in [0.15, 0.2) is 24.3 Å². The van der Waals surface area contributed by atoms with E-state index >= 15 is 0 Å². The highest BCUT2D eigenvalue weighted by molar-refractivity contribution is 7.90. The Hall–Kier alpha value is -1.14. The van der Waals surface area contributed by atoms with Gasteiger partial charge in [0.15, 0.2) is 0 Å². The van der Waals surface area contributed by atoms with Gasteiger partial charge in [0, 0.05) is 20.1 Å². The van der Waals surface area contributed by atoms with Gasteiger partial charge in [0.05, 0.1) is 5.69 Å². The first-order valence-electron chi connectivity index (χ1n) is 4.51. The van der Waals surface area contributed by atoms with Crippen molar-refractivity contribution in [1.82, 2.24) is 4.31 Å². The van der Waals surface area contributed by atoms with Crippen LogP contribution in [-0.2, 0) is 10.2 Å². The lowest BCUT2D eigenvalue weighted by Crippen LogP contribution is -2.30. The van der Waals surface area contributed by atoms with Crippen LogP contribution < -0.4 is 4.31 Å². The molecule has 15 heavy (non-hydrogen) atoms. The summed E-state index contributed by atoms with van der Waals surface area (Å²) in [6.45, 7) is 0.793. The highest BCUT2D eigenvalue weighted by Crippen LogP contribution is 2.24. The van der Waals surface area contributed by atoms with Gasteiger partial charge in [0.2, 0.25) is 0 Å². The number of rotatable bonds is 1. The van der Waals surface area contributed by atoms with Crippen molar-refractivity contribution in [3.63, 3.8) is 0 Å². The van der Waals surface area contributed by atoms with Crippen LogP contribution in [0, 0.1) is 5.82 Å². The Morgan fingerprint density at radius 1 is 1.33 bits per heavy atom. The second kappa shape index (κ2) is 3.46. The molecule has 6 heteroatoms. The van der Waals surface area contributed by atoms with Gasteiger partial charge in [-0.3, -0.25) is 4.31 Å². The Morgan fingerprint density at radius 2 is 2.07 bits per heavy atom. The molecular formula is C9H11FN2O2S. The zero-order valence-corrected chi connectivity index (χ0v) is 9.04. The van der Waals surface area contributed by atoms with E-state index in [0.717, 1.165) is 0 Å². The molecule has 1 aliphatic heterocycles. The maximum Gasteiger partial charge on any atom is 0.303 e. The summed E-state index contributed by atoms with van der Waals surface area (Å²) in [6, 6.07) is 5.59. The summed E-state index contributed by atoms with van der Waals surface area (Å²) in [5.74, 6) is -0.433. The van der Waals surface area contributed by atoms with Crippen LogP contribution in [-0.4, -0.2) is 32.9 Å². The topological polar surface area (TPSA) is 40.6 Å². The second-order valence-corrected chi connectivity index (χ2v) is 5.34. The lowest BCUT2D eigenvalue weighted by Gasteiger charge is -2.17. The van der Waals surface area contributed by atoms with Gasteiger partial charge in [-0.25, -0.2) is 4.39 Å². The van der Waals surface area contributed by atoms with Crippen LogP contribution in [0.3, 0.4) is 0 Å². The molecule has 4 nitrogen and oxygen atoms in total. The van der Waals surface area contributed by atoms with Crippen molar-refractivity contribution in [3.8, 4) is 0 Å². The molecule has 1 aromatic carbocycles. The number of hydrogen-bond donors (Lipinski definition) is 0. The summed E-state index contributed by atoms with van der Waals surface area (Å²) in [6.07, 6.45) is 0. The maximum atomic E-state index is 12.9. The van der Waals surface area contributed by atoms with Crippen molar-refractivity contribution < 1.29 is 12.8 Å². The quantitative estimate of drug-likeness (QED) is 0.716. The second-order valence-electron chi connectivity index (χ2n) is 3.38. The first-order chi connectivity index (χ1) is 7.01. The maximum absolute atomic E-state index is 12.9. The van der Waals surface area contributed by atoms with Gasteiger partial charge in [-0.2, -0.15) is 12.7 Å². The van der Waals surface area contributed by atoms with E-state index in [4.69, 9.17) is 0 Å². The van der Waals surface area contributed by atoms with Gasteiger partial charge in [-0.05, 0) is 18.2 Å². The van der Waals surface area contributed by atoms with E-state index in [1.807, 2.05) is 0 Å². The molecule has 1 aliphatic rings. The van der Waals surface area contributed by atoms with Gasteiger partial charge in [-0.15, -0.1) is 0 Å². The van der Waals surface area contributed by atoms with Crippen LogP contribution in [0.4, 0.5) is 10.1 Å². The summed E-state index contributed by atoms with van der Waals surface area (Å²) in [5, 5.41) is 0. The van der Waals surface area contributed by atoms with Crippen molar-refractivity contribution in [2.24, 2.45) is 0 Å². The molecule has 1 heterocycles. The van der Waals surface area contributed by atoms with E-state index in [1.54, 1.807) is 6.07 Å². The fourth-order valence-electron chi connectivity index (χ4n) is 1.52. The molecule has 1 aromatic rings. The summed E-state index contributed by atoms with van der Waals surface area (Å²) in [4.78, 5) is 0. The number of likely N-dealkylation sites (N-methyl/N-ethyl adjacent to an activating group) is 1. The Morgan fingerprint density at radius 3 is 2.60 bits per heavy atom. The van der Waals surface area contributed by atoms with Crippen LogP contribution in [0.25, 0.3) is 0 Å². The summed E-state index contributed by atoms with van der Waals surface area (Å²) >= 11 is 0. The number of benzene rings is 1. The minimum absolute atomic E-state index is 0.363. The fraction of sp³-hybridized carbons (Fsp3) is 0.333. The van der Waals surface area contributed by atoms with Crippen molar-refractivity contribution >= 4 is 15.9 Å². The van der Waals surface area contributed by atoms with Gasteiger partial charge in [0.1, 0.15) is 5.82 Å². The molecule has 1 saturated heterocycles. The summed E-state index contributed by atoms with van der Waals surface area (Å²) in [7, 11) is -1.93. The largest absolute Gasteiger partial charge is 0.303 e. The lowest BCUT2D eigenvalue weighted by atomic mass is 10.3. The molecular weight excluding hydrogens is 219 g/mol. The number of hydrogen-bond acceptors (Lipinski definition) is 2. The van der Waals surface area contributed by atoms with Crippen LogP contribution in [0.2, 0.25) is 0 Å². The molecule has 0 saturated carbocycles. The molecule has 0 aromatic heterocycles. The predicted octanol–water partition coefficient (Wildman–Crippen LogP) is 0.822. The summed E-state index contributed by atoms with van der Waals surface area (Å²) in [5.41, 5.74) is 0.374. The average Bonchev–Trinajstić information content (AvgIpc) is 2.42. The first kappa shape index (κ1) is 10.4.